The number of rotatable bonds is 3. The molecule has 3 nitrogen and oxygen atoms in total. The van der Waals surface area contributed by atoms with Crippen molar-refractivity contribution in [3.05, 3.63) is 45.7 Å². The van der Waals surface area contributed by atoms with E-state index in [1.807, 2.05) is 32.9 Å². The van der Waals surface area contributed by atoms with Crippen molar-refractivity contribution >= 4 is 29.1 Å². The van der Waals surface area contributed by atoms with Crippen molar-refractivity contribution in [2.45, 2.75) is 31.7 Å². The number of aryl methyl sites for hydroxylation is 2. The van der Waals surface area contributed by atoms with Crippen LogP contribution in [0.3, 0.4) is 0 Å². The quantitative estimate of drug-likeness (QED) is 0.529. The topological polar surface area (TPSA) is 51.8 Å². The Morgan fingerprint density at radius 1 is 1.16 bits per heavy atom. The molecule has 0 fully saturated rings. The summed E-state index contributed by atoms with van der Waals surface area (Å²) in [5, 5.41) is 1.44. The van der Waals surface area contributed by atoms with Gasteiger partial charge in [0.15, 0.2) is 5.16 Å². The molecule has 2 rings (SSSR count). The van der Waals surface area contributed by atoms with Crippen LogP contribution in [0.5, 0.6) is 0 Å². The standard InChI is InChI=1S/C14H16ClN3S/c1-8-9(2)17-14(18-10(8)3)19-7-11-4-5-12(15)6-13(11)16/h4-6H,7,16H2,1-3H3. The lowest BCUT2D eigenvalue weighted by atomic mass is 10.2. The minimum atomic E-state index is 0.657. The first-order valence-electron chi connectivity index (χ1n) is 5.96. The first-order chi connectivity index (χ1) is 8.97. The zero-order chi connectivity index (χ0) is 14.0. The second-order valence-electron chi connectivity index (χ2n) is 4.43. The van der Waals surface area contributed by atoms with Crippen LogP contribution in [0.2, 0.25) is 5.02 Å². The molecule has 2 aromatic rings. The lowest BCUT2D eigenvalue weighted by Gasteiger charge is -2.08. The smallest absolute Gasteiger partial charge is 0.188 e. The third-order valence-electron chi connectivity index (χ3n) is 3.08. The second kappa shape index (κ2) is 5.80. The highest BCUT2D eigenvalue weighted by Gasteiger charge is 2.07. The highest BCUT2D eigenvalue weighted by atomic mass is 35.5. The Bertz CT molecular complexity index is 591. The van der Waals surface area contributed by atoms with Gasteiger partial charge in [-0.3, -0.25) is 0 Å². The number of aromatic nitrogens is 2. The van der Waals surface area contributed by atoms with E-state index in [9.17, 15) is 0 Å². The predicted molar refractivity (Wildman–Crippen MR) is 81.7 cm³/mol. The number of hydrogen-bond donors (Lipinski definition) is 1. The van der Waals surface area contributed by atoms with Crippen LogP contribution in [0.1, 0.15) is 22.5 Å². The maximum absolute atomic E-state index is 5.93. The molecule has 1 aromatic heterocycles. The summed E-state index contributed by atoms with van der Waals surface area (Å²) in [6.45, 7) is 6.05. The fourth-order valence-corrected chi connectivity index (χ4v) is 2.78. The van der Waals surface area contributed by atoms with Crippen molar-refractivity contribution in [2.24, 2.45) is 0 Å². The van der Waals surface area contributed by atoms with Crippen LogP contribution in [-0.2, 0) is 5.75 Å². The maximum Gasteiger partial charge on any atom is 0.188 e. The minimum Gasteiger partial charge on any atom is -0.398 e. The van der Waals surface area contributed by atoms with Crippen molar-refractivity contribution < 1.29 is 0 Å². The van der Waals surface area contributed by atoms with Crippen LogP contribution >= 0.6 is 23.4 Å². The van der Waals surface area contributed by atoms with E-state index in [4.69, 9.17) is 17.3 Å². The third kappa shape index (κ3) is 3.39. The fraction of sp³-hybridized carbons (Fsp3) is 0.286. The van der Waals surface area contributed by atoms with Crippen LogP contribution in [0.4, 0.5) is 5.69 Å². The number of thioether (sulfide) groups is 1. The number of nitrogens with two attached hydrogens (primary N) is 1. The first-order valence-corrected chi connectivity index (χ1v) is 7.32. The number of hydrogen-bond acceptors (Lipinski definition) is 4. The maximum atomic E-state index is 5.93. The van der Waals surface area contributed by atoms with Gasteiger partial charge >= 0.3 is 0 Å². The van der Waals surface area contributed by atoms with Crippen LogP contribution < -0.4 is 5.73 Å². The number of benzene rings is 1. The van der Waals surface area contributed by atoms with Gasteiger partial charge in [-0.25, -0.2) is 9.97 Å². The van der Waals surface area contributed by atoms with E-state index in [0.717, 1.165) is 33.4 Å². The largest absolute Gasteiger partial charge is 0.398 e. The molecule has 0 aliphatic rings. The Morgan fingerprint density at radius 3 is 2.37 bits per heavy atom. The molecule has 19 heavy (non-hydrogen) atoms. The summed E-state index contributed by atoms with van der Waals surface area (Å²) in [5.41, 5.74) is 10.9. The predicted octanol–water partition coefficient (Wildman–Crippen LogP) is 3.93. The molecule has 100 valence electrons. The van der Waals surface area contributed by atoms with E-state index in [1.54, 1.807) is 17.8 Å². The highest BCUT2D eigenvalue weighted by molar-refractivity contribution is 7.98. The Balaban J connectivity index is 2.14. The van der Waals surface area contributed by atoms with Crippen LogP contribution in [-0.4, -0.2) is 9.97 Å². The van der Waals surface area contributed by atoms with Gasteiger partial charge in [-0.2, -0.15) is 0 Å². The van der Waals surface area contributed by atoms with Crippen molar-refractivity contribution in [1.29, 1.82) is 0 Å². The molecule has 0 unspecified atom stereocenters. The number of nitrogen functional groups attached to an aromatic ring is 1. The third-order valence-corrected chi connectivity index (χ3v) is 4.21. The van der Waals surface area contributed by atoms with Gasteiger partial charge in [0.1, 0.15) is 0 Å². The van der Waals surface area contributed by atoms with E-state index in [-0.39, 0.29) is 0 Å². The molecule has 0 atom stereocenters. The number of nitrogens with zero attached hydrogens (tertiary/aromatic N) is 2. The van der Waals surface area contributed by atoms with Gasteiger partial charge in [-0.05, 0) is 44.0 Å². The number of halogens is 1. The molecule has 1 aromatic carbocycles. The van der Waals surface area contributed by atoms with Gasteiger partial charge in [0.05, 0.1) is 0 Å². The summed E-state index contributed by atoms with van der Waals surface area (Å²) in [6.07, 6.45) is 0. The van der Waals surface area contributed by atoms with Crippen LogP contribution in [0, 0.1) is 20.8 Å². The van der Waals surface area contributed by atoms with E-state index in [1.165, 1.54) is 0 Å². The molecule has 2 N–H and O–H groups in total. The van der Waals surface area contributed by atoms with Gasteiger partial charge in [0, 0.05) is 27.9 Å². The summed E-state index contributed by atoms with van der Waals surface area (Å²) in [6, 6.07) is 5.56. The molecule has 0 bridgehead atoms. The zero-order valence-corrected chi connectivity index (χ0v) is 12.8. The first kappa shape index (κ1) is 14.2. The molecular formula is C14H16ClN3S. The summed E-state index contributed by atoms with van der Waals surface area (Å²) in [7, 11) is 0. The van der Waals surface area contributed by atoms with Gasteiger partial charge in [-0.15, -0.1) is 0 Å². The summed E-state index contributed by atoms with van der Waals surface area (Å²) in [5.74, 6) is 0.741. The fourth-order valence-electron chi connectivity index (χ4n) is 1.65. The van der Waals surface area contributed by atoms with Crippen molar-refractivity contribution in [3.8, 4) is 0 Å². The zero-order valence-electron chi connectivity index (χ0n) is 11.2. The van der Waals surface area contributed by atoms with Crippen molar-refractivity contribution in [3.63, 3.8) is 0 Å². The Labute approximate surface area is 122 Å². The Morgan fingerprint density at radius 2 is 1.79 bits per heavy atom. The monoisotopic (exact) mass is 293 g/mol. The van der Waals surface area contributed by atoms with Gasteiger partial charge in [0.2, 0.25) is 0 Å². The highest BCUT2D eigenvalue weighted by Crippen LogP contribution is 2.26. The molecule has 5 heteroatoms. The summed E-state index contributed by atoms with van der Waals surface area (Å²) in [4.78, 5) is 8.96. The lowest BCUT2D eigenvalue weighted by molar-refractivity contribution is 0.880. The average molecular weight is 294 g/mol. The van der Waals surface area contributed by atoms with Gasteiger partial charge < -0.3 is 5.73 Å². The second-order valence-corrected chi connectivity index (χ2v) is 5.81. The minimum absolute atomic E-state index is 0.657. The molecule has 0 amide bonds. The Kier molecular flexibility index (Phi) is 4.32. The summed E-state index contributed by atoms with van der Waals surface area (Å²) < 4.78 is 0. The molecular weight excluding hydrogens is 278 g/mol. The Hall–Kier alpha value is -1.26. The van der Waals surface area contributed by atoms with Gasteiger partial charge in [-0.1, -0.05) is 29.4 Å². The van der Waals surface area contributed by atoms with E-state index in [0.29, 0.717) is 10.7 Å². The van der Waals surface area contributed by atoms with Crippen LogP contribution in [0.15, 0.2) is 23.4 Å². The molecule has 0 spiro atoms. The van der Waals surface area contributed by atoms with Crippen molar-refractivity contribution in [2.75, 3.05) is 5.73 Å². The van der Waals surface area contributed by atoms with E-state index in [2.05, 4.69) is 9.97 Å². The number of anilines is 1. The normalized spacial score (nSPS) is 10.7. The molecule has 1 heterocycles. The van der Waals surface area contributed by atoms with Crippen molar-refractivity contribution in [1.82, 2.24) is 9.97 Å². The lowest BCUT2D eigenvalue weighted by Crippen LogP contribution is -1.99. The molecule has 0 radical (unpaired) electrons. The SMILES string of the molecule is Cc1nc(SCc2ccc(Cl)cc2N)nc(C)c1C. The van der Waals surface area contributed by atoms with Crippen LogP contribution in [0.25, 0.3) is 0 Å². The van der Waals surface area contributed by atoms with E-state index < -0.39 is 0 Å². The molecule has 0 aliphatic heterocycles. The molecule has 0 saturated heterocycles. The van der Waals surface area contributed by atoms with E-state index >= 15 is 0 Å². The molecule has 0 saturated carbocycles. The average Bonchev–Trinajstić information content (AvgIpc) is 2.34. The summed E-state index contributed by atoms with van der Waals surface area (Å²) >= 11 is 7.47. The van der Waals surface area contributed by atoms with Gasteiger partial charge in [0.25, 0.3) is 0 Å². The molecule has 0 aliphatic carbocycles.